The van der Waals surface area contributed by atoms with Crippen molar-refractivity contribution in [2.75, 3.05) is 5.32 Å². The Morgan fingerprint density at radius 1 is 1.13 bits per heavy atom. The largest absolute Gasteiger partial charge is 0.355 e. The zero-order valence-electron chi connectivity index (χ0n) is 12.5. The van der Waals surface area contributed by atoms with Crippen LogP contribution in [0.2, 0.25) is 0 Å². The van der Waals surface area contributed by atoms with Crippen molar-refractivity contribution in [1.29, 1.82) is 0 Å². The second kappa shape index (κ2) is 6.27. The highest BCUT2D eigenvalue weighted by atomic mass is 16.1. The van der Waals surface area contributed by atoms with Gasteiger partial charge in [0.2, 0.25) is 0 Å². The van der Waals surface area contributed by atoms with Crippen LogP contribution in [0.1, 0.15) is 26.5 Å². The molecule has 5 nitrogen and oxygen atoms in total. The topological polar surface area (TPSA) is 74.8 Å². The van der Waals surface area contributed by atoms with E-state index in [9.17, 15) is 9.59 Å². The molecule has 1 aromatic carbocycles. The third-order valence-electron chi connectivity index (χ3n) is 3.56. The van der Waals surface area contributed by atoms with Crippen molar-refractivity contribution in [2.45, 2.75) is 6.92 Å². The van der Waals surface area contributed by atoms with Gasteiger partial charge in [-0.3, -0.25) is 14.6 Å². The Kier molecular flexibility index (Phi) is 4.01. The van der Waals surface area contributed by atoms with E-state index in [1.54, 1.807) is 31.5 Å². The Labute approximate surface area is 133 Å². The molecule has 0 unspecified atom stereocenters. The second-order valence-electron chi connectivity index (χ2n) is 5.09. The predicted molar refractivity (Wildman–Crippen MR) is 88.5 cm³/mol. The number of aldehydes is 1. The number of hydrogen-bond acceptors (Lipinski definition) is 3. The molecule has 5 heteroatoms. The van der Waals surface area contributed by atoms with Gasteiger partial charge >= 0.3 is 0 Å². The summed E-state index contributed by atoms with van der Waals surface area (Å²) in [4.78, 5) is 31.0. The molecule has 0 radical (unpaired) electrons. The van der Waals surface area contributed by atoms with Crippen LogP contribution in [-0.2, 0) is 0 Å². The number of carbonyl (C=O) groups is 2. The summed E-state index contributed by atoms with van der Waals surface area (Å²) in [5.41, 5.74) is 3.60. The van der Waals surface area contributed by atoms with Gasteiger partial charge in [0.25, 0.3) is 5.91 Å². The van der Waals surface area contributed by atoms with Gasteiger partial charge in [0.15, 0.2) is 6.29 Å². The maximum Gasteiger partial charge on any atom is 0.258 e. The quantitative estimate of drug-likeness (QED) is 0.725. The number of aryl methyl sites for hydroxylation is 1. The first-order valence-corrected chi connectivity index (χ1v) is 7.15. The summed E-state index contributed by atoms with van der Waals surface area (Å²) in [6.45, 7) is 1.78. The van der Waals surface area contributed by atoms with Gasteiger partial charge in [-0.2, -0.15) is 0 Å². The summed E-state index contributed by atoms with van der Waals surface area (Å²) < 4.78 is 0. The molecule has 2 heterocycles. The summed E-state index contributed by atoms with van der Waals surface area (Å²) in [7, 11) is 0. The minimum absolute atomic E-state index is 0.267. The number of nitrogens with zero attached hydrogens (tertiary/aromatic N) is 1. The van der Waals surface area contributed by atoms with Crippen molar-refractivity contribution in [2.24, 2.45) is 0 Å². The molecule has 114 valence electrons. The van der Waals surface area contributed by atoms with E-state index in [-0.39, 0.29) is 5.91 Å². The Morgan fingerprint density at radius 2 is 1.83 bits per heavy atom. The lowest BCUT2D eigenvalue weighted by molar-refractivity contribution is 0.102. The van der Waals surface area contributed by atoms with Crippen molar-refractivity contribution in [3.63, 3.8) is 0 Å². The number of rotatable bonds is 4. The molecule has 0 aliphatic carbocycles. The van der Waals surface area contributed by atoms with Crippen LogP contribution in [0.5, 0.6) is 0 Å². The van der Waals surface area contributed by atoms with Crippen LogP contribution >= 0.6 is 0 Å². The number of amides is 1. The standard InChI is InChI=1S/C18H15N3O2/c1-12-16(18(23)21-14-7-9-19-10-8-14)17(15(11-22)20-12)13-5-3-2-4-6-13/h2-11,20H,1H3,(H,19,21,23). The van der Waals surface area contributed by atoms with Crippen LogP contribution in [0.25, 0.3) is 11.1 Å². The predicted octanol–water partition coefficient (Wildman–Crippen LogP) is 3.45. The lowest BCUT2D eigenvalue weighted by atomic mass is 10.00. The number of nitrogens with one attached hydrogen (secondary N) is 2. The smallest absolute Gasteiger partial charge is 0.258 e. The fraction of sp³-hybridized carbons (Fsp3) is 0.0556. The number of aromatic nitrogens is 2. The van der Waals surface area contributed by atoms with Gasteiger partial charge in [0.1, 0.15) is 0 Å². The van der Waals surface area contributed by atoms with Gasteiger partial charge in [-0.1, -0.05) is 30.3 Å². The number of aromatic amines is 1. The van der Waals surface area contributed by atoms with E-state index >= 15 is 0 Å². The van der Waals surface area contributed by atoms with Crippen LogP contribution in [-0.4, -0.2) is 22.2 Å². The number of H-pyrrole nitrogens is 1. The molecule has 0 saturated heterocycles. The third kappa shape index (κ3) is 2.89. The van der Waals surface area contributed by atoms with Gasteiger partial charge in [-0.25, -0.2) is 0 Å². The molecular formula is C18H15N3O2. The minimum atomic E-state index is -0.267. The fourth-order valence-corrected chi connectivity index (χ4v) is 2.55. The highest BCUT2D eigenvalue weighted by Gasteiger charge is 2.22. The maximum absolute atomic E-state index is 12.7. The van der Waals surface area contributed by atoms with Crippen molar-refractivity contribution >= 4 is 17.9 Å². The van der Waals surface area contributed by atoms with E-state index in [2.05, 4.69) is 15.3 Å². The molecule has 3 rings (SSSR count). The number of pyridine rings is 1. The van der Waals surface area contributed by atoms with Crippen LogP contribution in [0, 0.1) is 6.92 Å². The number of hydrogen-bond donors (Lipinski definition) is 2. The SMILES string of the molecule is Cc1[nH]c(C=O)c(-c2ccccc2)c1C(=O)Nc1ccncc1. The Morgan fingerprint density at radius 3 is 2.48 bits per heavy atom. The number of benzene rings is 1. The number of anilines is 1. The van der Waals surface area contributed by atoms with Gasteiger partial charge in [0.05, 0.1) is 11.3 Å². The zero-order valence-corrected chi connectivity index (χ0v) is 12.5. The lowest BCUT2D eigenvalue weighted by Crippen LogP contribution is -2.13. The highest BCUT2D eigenvalue weighted by molar-refractivity contribution is 6.12. The average molecular weight is 305 g/mol. The van der Waals surface area contributed by atoms with Crippen LogP contribution in [0.4, 0.5) is 5.69 Å². The molecule has 0 spiro atoms. The van der Waals surface area contributed by atoms with E-state index < -0.39 is 0 Å². The van der Waals surface area contributed by atoms with Gasteiger partial charge in [0, 0.05) is 29.3 Å². The van der Waals surface area contributed by atoms with Crippen molar-refractivity contribution < 1.29 is 9.59 Å². The Hall–Kier alpha value is -3.21. The molecule has 0 saturated carbocycles. The molecule has 0 aliphatic rings. The molecule has 3 aromatic rings. The second-order valence-corrected chi connectivity index (χ2v) is 5.09. The van der Waals surface area contributed by atoms with E-state index in [1.807, 2.05) is 30.3 Å². The molecule has 0 fully saturated rings. The first-order valence-electron chi connectivity index (χ1n) is 7.15. The molecule has 0 atom stereocenters. The molecule has 2 N–H and O–H groups in total. The Bertz CT molecular complexity index is 839. The van der Waals surface area contributed by atoms with Gasteiger partial charge in [-0.05, 0) is 24.6 Å². The summed E-state index contributed by atoms with van der Waals surface area (Å²) >= 11 is 0. The summed E-state index contributed by atoms with van der Waals surface area (Å²) in [5.74, 6) is -0.267. The van der Waals surface area contributed by atoms with Crippen molar-refractivity contribution in [3.05, 3.63) is 71.8 Å². The van der Waals surface area contributed by atoms with Crippen LogP contribution in [0.3, 0.4) is 0 Å². The first kappa shape index (κ1) is 14.7. The molecular weight excluding hydrogens is 290 g/mol. The minimum Gasteiger partial charge on any atom is -0.355 e. The number of carbonyl (C=O) groups excluding carboxylic acids is 2. The summed E-state index contributed by atoms with van der Waals surface area (Å²) in [6, 6.07) is 12.8. The fourth-order valence-electron chi connectivity index (χ4n) is 2.55. The lowest BCUT2D eigenvalue weighted by Gasteiger charge is -2.08. The monoisotopic (exact) mass is 305 g/mol. The maximum atomic E-state index is 12.7. The van der Waals surface area contributed by atoms with E-state index in [1.165, 1.54) is 0 Å². The molecule has 0 aliphatic heterocycles. The third-order valence-corrected chi connectivity index (χ3v) is 3.56. The highest BCUT2D eigenvalue weighted by Crippen LogP contribution is 2.30. The summed E-state index contributed by atoms with van der Waals surface area (Å²) in [6.07, 6.45) is 3.95. The summed E-state index contributed by atoms with van der Waals surface area (Å²) in [5, 5.41) is 2.83. The Balaban J connectivity index is 2.07. The molecule has 23 heavy (non-hydrogen) atoms. The van der Waals surface area contributed by atoms with Crippen molar-refractivity contribution in [1.82, 2.24) is 9.97 Å². The molecule has 0 bridgehead atoms. The van der Waals surface area contributed by atoms with E-state index in [0.717, 1.165) is 11.8 Å². The van der Waals surface area contributed by atoms with Crippen LogP contribution < -0.4 is 5.32 Å². The molecule has 2 aromatic heterocycles. The normalized spacial score (nSPS) is 10.3. The first-order chi connectivity index (χ1) is 11.2. The zero-order chi connectivity index (χ0) is 16.2. The average Bonchev–Trinajstić information content (AvgIpc) is 2.93. The van der Waals surface area contributed by atoms with Crippen LogP contribution in [0.15, 0.2) is 54.9 Å². The molecule has 1 amide bonds. The van der Waals surface area contributed by atoms with E-state index in [0.29, 0.717) is 28.2 Å². The van der Waals surface area contributed by atoms with E-state index in [4.69, 9.17) is 0 Å². The van der Waals surface area contributed by atoms with Gasteiger partial charge in [-0.15, -0.1) is 0 Å². The van der Waals surface area contributed by atoms with Crippen molar-refractivity contribution in [3.8, 4) is 11.1 Å². The van der Waals surface area contributed by atoms with Gasteiger partial charge < -0.3 is 10.3 Å².